The number of ether oxygens (including phenoxy) is 2. The summed E-state index contributed by atoms with van der Waals surface area (Å²) in [5.74, 6) is 0.759. The predicted molar refractivity (Wildman–Crippen MR) is 113 cm³/mol. The zero-order valence-corrected chi connectivity index (χ0v) is 18.1. The number of fused-ring (bicyclic) bond motifs is 1. The largest absolute Gasteiger partial charge is 0.486 e. The van der Waals surface area contributed by atoms with Crippen LogP contribution in [0.25, 0.3) is 0 Å². The number of nitrogens with one attached hydrogen (secondary N) is 1. The summed E-state index contributed by atoms with van der Waals surface area (Å²) < 4.78 is 37.1. The number of anilines is 1. The molecule has 1 aliphatic rings. The van der Waals surface area contributed by atoms with E-state index in [9.17, 15) is 13.2 Å². The molecule has 29 heavy (non-hydrogen) atoms. The third-order valence-electron chi connectivity index (χ3n) is 4.32. The summed E-state index contributed by atoms with van der Waals surface area (Å²) in [6.45, 7) is 1.93. The fourth-order valence-corrected chi connectivity index (χ4v) is 4.42. The molecule has 2 aromatic rings. The Labute approximate surface area is 179 Å². The number of benzene rings is 2. The fraction of sp³-hybridized carbons (Fsp3) is 0.316. The maximum atomic E-state index is 12.7. The molecule has 0 fully saturated rings. The molecule has 0 saturated carbocycles. The van der Waals surface area contributed by atoms with E-state index >= 15 is 0 Å². The number of hydrogen-bond donors (Lipinski definition) is 1. The van der Waals surface area contributed by atoms with Crippen molar-refractivity contribution >= 4 is 44.8 Å². The summed E-state index contributed by atoms with van der Waals surface area (Å²) in [4.78, 5) is 12.7. The van der Waals surface area contributed by atoms with Gasteiger partial charge in [-0.2, -0.15) is 0 Å². The third-order valence-corrected chi connectivity index (χ3v) is 6.30. The van der Waals surface area contributed by atoms with Crippen molar-refractivity contribution in [2.75, 3.05) is 23.7 Å². The van der Waals surface area contributed by atoms with Crippen LogP contribution >= 0.6 is 23.2 Å². The standard InChI is InChI=1S/C19H20Cl2N2O5S/c1-12(23(29(2,25)26)13-7-8-15(20)16(21)9-13)19(24)22-10-14-11-27-17-5-3-4-6-18(17)28-14/h3-9,12,14H,10-11H2,1-2H3,(H,22,24)/t12-,14-/m0/s1. The van der Waals surface area contributed by atoms with E-state index in [-0.39, 0.29) is 28.9 Å². The van der Waals surface area contributed by atoms with E-state index < -0.39 is 28.1 Å². The number of para-hydroxylation sites is 2. The molecule has 1 heterocycles. The zero-order valence-electron chi connectivity index (χ0n) is 15.8. The van der Waals surface area contributed by atoms with Gasteiger partial charge < -0.3 is 14.8 Å². The van der Waals surface area contributed by atoms with Crippen molar-refractivity contribution in [3.05, 3.63) is 52.5 Å². The average Bonchev–Trinajstić information content (AvgIpc) is 2.67. The highest BCUT2D eigenvalue weighted by Gasteiger charge is 2.30. The number of amides is 1. The van der Waals surface area contributed by atoms with E-state index in [1.807, 2.05) is 12.1 Å². The third kappa shape index (κ3) is 5.07. The van der Waals surface area contributed by atoms with Gasteiger partial charge in [0, 0.05) is 0 Å². The Balaban J connectivity index is 1.69. The average molecular weight is 459 g/mol. The molecule has 7 nitrogen and oxygen atoms in total. The maximum Gasteiger partial charge on any atom is 0.243 e. The number of halogens is 2. The number of rotatable bonds is 6. The van der Waals surface area contributed by atoms with Crippen LogP contribution in [-0.2, 0) is 14.8 Å². The first-order valence-corrected chi connectivity index (χ1v) is 11.4. The van der Waals surface area contributed by atoms with Gasteiger partial charge >= 0.3 is 0 Å². The Morgan fingerprint density at radius 1 is 1.21 bits per heavy atom. The van der Waals surface area contributed by atoms with Crippen molar-refractivity contribution in [3.8, 4) is 11.5 Å². The summed E-state index contributed by atoms with van der Waals surface area (Å²) in [7, 11) is -3.76. The molecule has 0 bridgehead atoms. The normalized spacial score (nSPS) is 16.8. The van der Waals surface area contributed by atoms with Crippen molar-refractivity contribution < 1.29 is 22.7 Å². The SMILES string of the molecule is C[C@@H](C(=O)NC[C@H]1COc2ccccc2O1)N(c1ccc(Cl)c(Cl)c1)S(C)(=O)=O. The fourth-order valence-electron chi connectivity index (χ4n) is 2.96. The highest BCUT2D eigenvalue weighted by molar-refractivity contribution is 7.92. The summed E-state index contributed by atoms with van der Waals surface area (Å²) in [6, 6.07) is 10.6. The maximum absolute atomic E-state index is 12.7. The van der Waals surface area contributed by atoms with E-state index in [0.29, 0.717) is 11.5 Å². The monoisotopic (exact) mass is 458 g/mol. The van der Waals surface area contributed by atoms with Gasteiger partial charge in [-0.25, -0.2) is 8.42 Å². The van der Waals surface area contributed by atoms with Gasteiger partial charge in [-0.3, -0.25) is 9.10 Å². The number of hydrogen-bond acceptors (Lipinski definition) is 5. The Bertz CT molecular complexity index is 1020. The molecule has 0 spiro atoms. The minimum atomic E-state index is -3.76. The summed E-state index contributed by atoms with van der Waals surface area (Å²) in [5, 5.41) is 3.20. The van der Waals surface area contributed by atoms with Crippen LogP contribution in [0.3, 0.4) is 0 Å². The lowest BCUT2D eigenvalue weighted by Crippen LogP contribution is -2.50. The number of sulfonamides is 1. The molecule has 2 aromatic carbocycles. The minimum absolute atomic E-state index is 0.163. The Morgan fingerprint density at radius 2 is 1.90 bits per heavy atom. The van der Waals surface area contributed by atoms with Gasteiger partial charge in [-0.15, -0.1) is 0 Å². The van der Waals surface area contributed by atoms with Gasteiger partial charge in [-0.05, 0) is 37.3 Å². The molecule has 1 N–H and O–H groups in total. The lowest BCUT2D eigenvalue weighted by atomic mass is 10.2. The zero-order chi connectivity index (χ0) is 21.2. The number of carbonyl (C=O) groups excluding carboxylic acids is 1. The second kappa shape index (κ2) is 8.69. The predicted octanol–water partition coefficient (Wildman–Crippen LogP) is 3.10. The topological polar surface area (TPSA) is 84.9 Å². The van der Waals surface area contributed by atoms with E-state index in [4.69, 9.17) is 32.7 Å². The van der Waals surface area contributed by atoms with E-state index in [0.717, 1.165) is 10.6 Å². The van der Waals surface area contributed by atoms with Crippen LogP contribution < -0.4 is 19.1 Å². The quantitative estimate of drug-likeness (QED) is 0.718. The first-order valence-electron chi connectivity index (χ1n) is 8.77. The molecule has 0 saturated heterocycles. The molecule has 0 unspecified atom stereocenters. The lowest BCUT2D eigenvalue weighted by Gasteiger charge is -2.30. The number of nitrogens with zero attached hydrogens (tertiary/aromatic N) is 1. The van der Waals surface area contributed by atoms with Gasteiger partial charge in [0.15, 0.2) is 11.5 Å². The molecule has 10 heteroatoms. The smallest absolute Gasteiger partial charge is 0.243 e. The van der Waals surface area contributed by atoms with Crippen molar-refractivity contribution in [1.29, 1.82) is 0 Å². The van der Waals surface area contributed by atoms with Crippen molar-refractivity contribution in [2.45, 2.75) is 19.1 Å². The van der Waals surface area contributed by atoms with Gasteiger partial charge in [0.05, 0.1) is 28.5 Å². The molecule has 1 amide bonds. The van der Waals surface area contributed by atoms with Gasteiger partial charge in [-0.1, -0.05) is 35.3 Å². The molecule has 0 aromatic heterocycles. The van der Waals surface area contributed by atoms with Crippen LogP contribution in [0.1, 0.15) is 6.92 Å². The highest BCUT2D eigenvalue weighted by atomic mass is 35.5. The molecule has 0 radical (unpaired) electrons. The van der Waals surface area contributed by atoms with Gasteiger partial charge in [0.2, 0.25) is 15.9 Å². The van der Waals surface area contributed by atoms with Crippen LogP contribution in [0.4, 0.5) is 5.69 Å². The molecule has 3 rings (SSSR count). The van der Waals surface area contributed by atoms with Gasteiger partial charge in [0.25, 0.3) is 0 Å². The summed E-state index contributed by atoms with van der Waals surface area (Å²) >= 11 is 11.9. The van der Waals surface area contributed by atoms with Crippen LogP contribution in [0, 0.1) is 0 Å². The Hall–Kier alpha value is -2.16. The minimum Gasteiger partial charge on any atom is -0.486 e. The van der Waals surface area contributed by atoms with E-state index in [2.05, 4.69) is 5.32 Å². The first-order chi connectivity index (χ1) is 13.7. The van der Waals surface area contributed by atoms with Gasteiger partial charge in [0.1, 0.15) is 18.8 Å². The van der Waals surface area contributed by atoms with Crippen molar-refractivity contribution in [3.63, 3.8) is 0 Å². The second-order valence-corrected chi connectivity index (χ2v) is 9.25. The van der Waals surface area contributed by atoms with E-state index in [1.54, 1.807) is 12.1 Å². The van der Waals surface area contributed by atoms with Crippen molar-refractivity contribution in [1.82, 2.24) is 5.32 Å². The highest BCUT2D eigenvalue weighted by Crippen LogP contribution is 2.31. The molecule has 156 valence electrons. The molecule has 2 atom stereocenters. The van der Waals surface area contributed by atoms with E-state index in [1.165, 1.54) is 25.1 Å². The number of carbonyl (C=O) groups is 1. The van der Waals surface area contributed by atoms with Crippen LogP contribution in [0.2, 0.25) is 10.0 Å². The molecular weight excluding hydrogens is 439 g/mol. The Kier molecular flexibility index (Phi) is 6.45. The lowest BCUT2D eigenvalue weighted by molar-refractivity contribution is -0.122. The summed E-state index contributed by atoms with van der Waals surface area (Å²) in [5.41, 5.74) is 0.246. The molecular formula is C19H20Cl2N2O5S. The molecule has 1 aliphatic heterocycles. The Morgan fingerprint density at radius 3 is 2.55 bits per heavy atom. The van der Waals surface area contributed by atoms with Crippen LogP contribution in [-0.4, -0.2) is 45.9 Å². The van der Waals surface area contributed by atoms with Crippen LogP contribution in [0.15, 0.2) is 42.5 Å². The second-order valence-electron chi connectivity index (χ2n) is 6.58. The van der Waals surface area contributed by atoms with Crippen LogP contribution in [0.5, 0.6) is 11.5 Å². The molecule has 0 aliphatic carbocycles. The summed E-state index contributed by atoms with van der Waals surface area (Å²) in [6.07, 6.45) is 0.631. The first kappa shape index (κ1) is 21.5. The van der Waals surface area contributed by atoms with Crippen molar-refractivity contribution in [2.24, 2.45) is 0 Å².